The Morgan fingerprint density at radius 3 is 2.33 bits per heavy atom. The monoisotopic (exact) mass is 326 g/mol. The van der Waals surface area contributed by atoms with E-state index in [0.29, 0.717) is 17.2 Å². The second-order valence-electron chi connectivity index (χ2n) is 5.07. The van der Waals surface area contributed by atoms with Crippen molar-refractivity contribution in [3.05, 3.63) is 58.8 Å². The highest BCUT2D eigenvalue weighted by molar-refractivity contribution is 6.21. The van der Waals surface area contributed by atoms with E-state index in [2.05, 4.69) is 4.98 Å². The summed E-state index contributed by atoms with van der Waals surface area (Å²) in [5.74, 6) is -2.13. The van der Waals surface area contributed by atoms with Crippen LogP contribution < -0.4 is 4.74 Å². The summed E-state index contributed by atoms with van der Waals surface area (Å²) >= 11 is 0. The van der Waals surface area contributed by atoms with Crippen LogP contribution in [-0.2, 0) is 4.84 Å². The zero-order valence-corrected chi connectivity index (χ0v) is 13.1. The number of pyridine rings is 1. The van der Waals surface area contributed by atoms with E-state index in [0.717, 1.165) is 0 Å². The Labute approximate surface area is 137 Å². The summed E-state index contributed by atoms with van der Waals surface area (Å²) in [5.41, 5.74) is 1.04. The number of amides is 2. The molecular weight excluding hydrogens is 312 g/mol. The number of aryl methyl sites for hydroxylation is 1. The average molecular weight is 326 g/mol. The fraction of sp³-hybridized carbons (Fsp3) is 0.176. The number of hydrogen-bond donors (Lipinski definition) is 0. The molecule has 2 amide bonds. The van der Waals surface area contributed by atoms with Crippen molar-refractivity contribution in [2.75, 3.05) is 6.61 Å². The first-order chi connectivity index (χ1) is 11.5. The van der Waals surface area contributed by atoms with Gasteiger partial charge in [0.2, 0.25) is 5.88 Å². The molecule has 0 saturated heterocycles. The Balaban J connectivity index is 1.90. The quantitative estimate of drug-likeness (QED) is 0.800. The van der Waals surface area contributed by atoms with Crippen LogP contribution in [0.2, 0.25) is 0 Å². The summed E-state index contributed by atoms with van der Waals surface area (Å²) in [6.45, 7) is 3.75. The molecule has 3 rings (SSSR count). The third kappa shape index (κ3) is 2.50. The number of carbonyl (C=O) groups is 3. The SMILES string of the molecule is CCOc1nccc(C)c1C(=O)ON1C(=O)c2ccccc2C1=O. The molecule has 0 radical (unpaired) electrons. The molecule has 0 spiro atoms. The summed E-state index contributed by atoms with van der Waals surface area (Å²) in [4.78, 5) is 46.0. The second-order valence-corrected chi connectivity index (χ2v) is 5.07. The predicted molar refractivity (Wildman–Crippen MR) is 82.5 cm³/mol. The maximum absolute atomic E-state index is 12.5. The lowest BCUT2D eigenvalue weighted by atomic mass is 10.1. The van der Waals surface area contributed by atoms with Gasteiger partial charge in [0, 0.05) is 6.20 Å². The Kier molecular flexibility index (Phi) is 3.99. The molecule has 7 heteroatoms. The lowest BCUT2D eigenvalue weighted by Gasteiger charge is -2.15. The highest BCUT2D eigenvalue weighted by Crippen LogP contribution is 2.25. The van der Waals surface area contributed by atoms with E-state index >= 15 is 0 Å². The minimum atomic E-state index is -0.876. The Morgan fingerprint density at radius 2 is 1.75 bits per heavy atom. The average Bonchev–Trinajstić information content (AvgIpc) is 2.81. The van der Waals surface area contributed by atoms with Gasteiger partial charge in [-0.05, 0) is 37.6 Å². The van der Waals surface area contributed by atoms with E-state index in [4.69, 9.17) is 9.57 Å². The zero-order valence-electron chi connectivity index (χ0n) is 13.1. The fourth-order valence-electron chi connectivity index (χ4n) is 2.41. The first-order valence-electron chi connectivity index (χ1n) is 7.33. The summed E-state index contributed by atoms with van der Waals surface area (Å²) in [5, 5.41) is 0.467. The van der Waals surface area contributed by atoms with Gasteiger partial charge in [-0.2, -0.15) is 0 Å². The lowest BCUT2D eigenvalue weighted by Crippen LogP contribution is -2.33. The van der Waals surface area contributed by atoms with Gasteiger partial charge in [0.25, 0.3) is 11.8 Å². The normalized spacial score (nSPS) is 13.0. The molecule has 2 heterocycles. The van der Waals surface area contributed by atoms with Crippen molar-refractivity contribution in [2.24, 2.45) is 0 Å². The molecule has 0 bridgehead atoms. The number of fused-ring (bicyclic) bond motifs is 1. The molecule has 7 nitrogen and oxygen atoms in total. The number of imide groups is 1. The van der Waals surface area contributed by atoms with Gasteiger partial charge in [-0.1, -0.05) is 17.2 Å². The van der Waals surface area contributed by atoms with Gasteiger partial charge in [0.05, 0.1) is 17.7 Å². The number of nitrogens with zero attached hydrogens (tertiary/aromatic N) is 2. The van der Waals surface area contributed by atoms with Crippen LogP contribution in [0.25, 0.3) is 0 Å². The summed E-state index contributed by atoms with van der Waals surface area (Å²) in [6, 6.07) is 7.89. The molecule has 0 aliphatic carbocycles. The first-order valence-corrected chi connectivity index (χ1v) is 7.33. The van der Waals surface area contributed by atoms with Gasteiger partial charge in [0.15, 0.2) is 0 Å². The fourth-order valence-corrected chi connectivity index (χ4v) is 2.41. The van der Waals surface area contributed by atoms with Crippen LogP contribution in [0.5, 0.6) is 5.88 Å². The van der Waals surface area contributed by atoms with Gasteiger partial charge in [-0.3, -0.25) is 9.59 Å². The number of aromatic nitrogens is 1. The van der Waals surface area contributed by atoms with Crippen LogP contribution in [0.3, 0.4) is 0 Å². The zero-order chi connectivity index (χ0) is 17.3. The first kappa shape index (κ1) is 15.7. The molecule has 0 fully saturated rings. The number of hydrogen-bond acceptors (Lipinski definition) is 6. The molecule has 122 valence electrons. The van der Waals surface area contributed by atoms with Gasteiger partial charge < -0.3 is 9.57 Å². The molecule has 24 heavy (non-hydrogen) atoms. The topological polar surface area (TPSA) is 85.8 Å². The van der Waals surface area contributed by atoms with Crippen LogP contribution in [0.1, 0.15) is 43.6 Å². The highest BCUT2D eigenvalue weighted by Gasteiger charge is 2.39. The summed E-state index contributed by atoms with van der Waals surface area (Å²) in [6.07, 6.45) is 1.50. The maximum Gasteiger partial charge on any atom is 0.369 e. The van der Waals surface area contributed by atoms with Crippen molar-refractivity contribution in [1.82, 2.24) is 10.0 Å². The van der Waals surface area contributed by atoms with E-state index in [1.807, 2.05) is 0 Å². The van der Waals surface area contributed by atoms with Gasteiger partial charge >= 0.3 is 5.97 Å². The van der Waals surface area contributed by atoms with Crippen molar-refractivity contribution < 1.29 is 24.0 Å². The Morgan fingerprint density at radius 1 is 1.12 bits per heavy atom. The molecule has 1 aliphatic heterocycles. The largest absolute Gasteiger partial charge is 0.477 e. The van der Waals surface area contributed by atoms with Crippen LogP contribution in [0.4, 0.5) is 0 Å². The van der Waals surface area contributed by atoms with E-state index < -0.39 is 17.8 Å². The minimum absolute atomic E-state index is 0.0795. The molecule has 2 aromatic rings. The summed E-state index contributed by atoms with van der Waals surface area (Å²) < 4.78 is 5.32. The third-order valence-electron chi connectivity index (χ3n) is 3.54. The van der Waals surface area contributed by atoms with Crippen LogP contribution in [-0.4, -0.2) is 34.4 Å². The number of rotatable bonds is 4. The highest BCUT2D eigenvalue weighted by atomic mass is 16.7. The standard InChI is InChI=1S/C17H14N2O5/c1-3-23-14-13(10(2)8-9-18-14)17(22)24-19-15(20)11-6-4-5-7-12(11)16(19)21/h4-9H,3H2,1-2H3. The molecule has 1 aromatic heterocycles. The van der Waals surface area contributed by atoms with Crippen molar-refractivity contribution in [1.29, 1.82) is 0 Å². The molecular formula is C17H14N2O5. The number of carbonyl (C=O) groups excluding carboxylic acids is 3. The van der Waals surface area contributed by atoms with Gasteiger partial charge in [-0.25, -0.2) is 9.78 Å². The van der Waals surface area contributed by atoms with Gasteiger partial charge in [-0.15, -0.1) is 0 Å². The van der Waals surface area contributed by atoms with E-state index in [-0.39, 0.29) is 22.6 Å². The van der Waals surface area contributed by atoms with E-state index in [9.17, 15) is 14.4 Å². The van der Waals surface area contributed by atoms with Crippen molar-refractivity contribution >= 4 is 17.8 Å². The Bertz CT molecular complexity index is 812. The van der Waals surface area contributed by atoms with Crippen LogP contribution in [0.15, 0.2) is 36.5 Å². The number of ether oxygens (including phenoxy) is 1. The number of hydroxylamine groups is 2. The smallest absolute Gasteiger partial charge is 0.369 e. The lowest BCUT2D eigenvalue weighted by molar-refractivity contribution is -0.0587. The van der Waals surface area contributed by atoms with Crippen LogP contribution >= 0.6 is 0 Å². The molecule has 1 aromatic carbocycles. The maximum atomic E-state index is 12.5. The predicted octanol–water partition coefficient (Wildman–Crippen LogP) is 2.16. The third-order valence-corrected chi connectivity index (χ3v) is 3.54. The van der Waals surface area contributed by atoms with Crippen molar-refractivity contribution in [3.8, 4) is 5.88 Å². The van der Waals surface area contributed by atoms with Gasteiger partial charge in [0.1, 0.15) is 5.56 Å². The van der Waals surface area contributed by atoms with Crippen molar-refractivity contribution in [3.63, 3.8) is 0 Å². The molecule has 0 unspecified atom stereocenters. The summed E-state index contributed by atoms with van der Waals surface area (Å²) in [7, 11) is 0. The van der Waals surface area contributed by atoms with E-state index in [1.165, 1.54) is 18.3 Å². The van der Waals surface area contributed by atoms with E-state index in [1.54, 1.807) is 32.0 Å². The second kappa shape index (κ2) is 6.11. The molecule has 0 N–H and O–H groups in total. The molecule has 1 aliphatic rings. The van der Waals surface area contributed by atoms with Crippen LogP contribution in [0, 0.1) is 6.92 Å². The van der Waals surface area contributed by atoms with Crippen molar-refractivity contribution in [2.45, 2.75) is 13.8 Å². The number of benzene rings is 1. The minimum Gasteiger partial charge on any atom is -0.477 e. The molecule has 0 atom stereocenters. The Hall–Kier alpha value is -3.22. The molecule has 0 saturated carbocycles.